The van der Waals surface area contributed by atoms with Gasteiger partial charge in [0.05, 0.1) is 0 Å². The number of benzene rings is 8. The van der Waals surface area contributed by atoms with E-state index in [0.29, 0.717) is 0 Å². The van der Waals surface area contributed by atoms with Gasteiger partial charge < -0.3 is 13.7 Å². The van der Waals surface area contributed by atoms with E-state index in [1.807, 2.05) is 12.1 Å². The summed E-state index contributed by atoms with van der Waals surface area (Å²) in [5.74, 6) is 0. The van der Waals surface area contributed by atoms with Crippen molar-refractivity contribution in [2.45, 2.75) is 0 Å². The predicted molar refractivity (Wildman–Crippen MR) is 204 cm³/mol. The summed E-state index contributed by atoms with van der Waals surface area (Å²) in [5, 5.41) is 6.76. The Hall–Kier alpha value is -6.58. The minimum absolute atomic E-state index is 0.870. The second-order valence-electron chi connectivity index (χ2n) is 12.5. The van der Waals surface area contributed by atoms with E-state index < -0.39 is 0 Å². The lowest BCUT2D eigenvalue weighted by atomic mass is 9.95. The first-order chi connectivity index (χ1) is 24.3. The molecule has 0 bridgehead atoms. The first kappa shape index (κ1) is 27.5. The van der Waals surface area contributed by atoms with Crippen LogP contribution in [0.25, 0.3) is 76.9 Å². The van der Waals surface area contributed by atoms with Crippen LogP contribution in [-0.4, -0.2) is 0 Å². The molecule has 0 N–H and O–H groups in total. The van der Waals surface area contributed by atoms with E-state index in [0.717, 1.165) is 77.5 Å². The van der Waals surface area contributed by atoms with Gasteiger partial charge >= 0.3 is 0 Å². The molecule has 0 aliphatic carbocycles. The van der Waals surface area contributed by atoms with Gasteiger partial charge in [-0.1, -0.05) is 109 Å². The van der Waals surface area contributed by atoms with Gasteiger partial charge in [0, 0.05) is 44.0 Å². The van der Waals surface area contributed by atoms with Gasteiger partial charge in [0.2, 0.25) is 0 Å². The highest BCUT2D eigenvalue weighted by Crippen LogP contribution is 2.43. The SMILES string of the molecule is c1ccc(-c2cc3c4cc(N(c5ccccc5)c5cccc(-c6ccc7c(c6)oc6ccccc67)c5)ccc4oc3c3ccccc23)cc1. The summed E-state index contributed by atoms with van der Waals surface area (Å²) in [6.45, 7) is 0. The van der Waals surface area contributed by atoms with Gasteiger partial charge in [-0.2, -0.15) is 0 Å². The van der Waals surface area contributed by atoms with E-state index in [2.05, 4.69) is 169 Å². The summed E-state index contributed by atoms with van der Waals surface area (Å²) in [5.41, 5.74) is 11.4. The van der Waals surface area contributed by atoms with Crippen molar-refractivity contribution < 1.29 is 8.83 Å². The zero-order valence-corrected chi connectivity index (χ0v) is 26.5. The molecule has 0 saturated heterocycles. The van der Waals surface area contributed by atoms with Crippen LogP contribution in [0.3, 0.4) is 0 Å². The van der Waals surface area contributed by atoms with Gasteiger partial charge in [-0.3, -0.25) is 0 Å². The Balaban J connectivity index is 1.15. The topological polar surface area (TPSA) is 29.5 Å². The average Bonchev–Trinajstić information content (AvgIpc) is 3.73. The van der Waals surface area contributed by atoms with Crippen molar-refractivity contribution in [3.8, 4) is 22.3 Å². The van der Waals surface area contributed by atoms with Crippen molar-refractivity contribution in [3.05, 3.63) is 176 Å². The van der Waals surface area contributed by atoms with E-state index >= 15 is 0 Å². The lowest BCUT2D eigenvalue weighted by Gasteiger charge is -2.26. The van der Waals surface area contributed by atoms with E-state index in [-0.39, 0.29) is 0 Å². The third kappa shape index (κ3) is 4.51. The standard InChI is InChI=1S/C46H29NO2/c1-3-12-30(13-4-1)40-29-42-41-28-35(23-25-44(41)49-46(42)39-20-8-7-18-36(39)40)47(33-15-5-2-6-16-33)34-17-11-14-31(26-34)32-22-24-38-37-19-9-10-21-43(37)48-45(38)27-32/h1-29H. The van der Waals surface area contributed by atoms with E-state index in [4.69, 9.17) is 8.83 Å². The molecule has 2 aromatic heterocycles. The Labute approximate surface area is 282 Å². The van der Waals surface area contributed by atoms with Crippen LogP contribution in [-0.2, 0) is 0 Å². The molecule has 0 fully saturated rings. The van der Waals surface area contributed by atoms with E-state index in [1.54, 1.807) is 0 Å². The van der Waals surface area contributed by atoms with Gasteiger partial charge in [-0.05, 0) is 94.4 Å². The van der Waals surface area contributed by atoms with Crippen LogP contribution >= 0.6 is 0 Å². The Bertz CT molecular complexity index is 2830. The molecule has 0 unspecified atom stereocenters. The highest BCUT2D eigenvalue weighted by molar-refractivity contribution is 6.19. The quantitative estimate of drug-likeness (QED) is 0.190. The smallest absolute Gasteiger partial charge is 0.143 e. The first-order valence-corrected chi connectivity index (χ1v) is 16.6. The van der Waals surface area contributed by atoms with E-state index in [1.165, 1.54) is 16.5 Å². The lowest BCUT2D eigenvalue weighted by Crippen LogP contribution is -2.09. The Kier molecular flexibility index (Phi) is 6.18. The predicted octanol–water partition coefficient (Wildman–Crippen LogP) is 13.4. The largest absolute Gasteiger partial charge is 0.456 e. The van der Waals surface area contributed by atoms with Crippen LogP contribution in [0.2, 0.25) is 0 Å². The van der Waals surface area contributed by atoms with Gasteiger partial charge in [-0.25, -0.2) is 0 Å². The molecule has 0 aliphatic rings. The number of anilines is 3. The molecular weight excluding hydrogens is 599 g/mol. The molecule has 3 nitrogen and oxygen atoms in total. The van der Waals surface area contributed by atoms with Crippen molar-refractivity contribution in [1.29, 1.82) is 0 Å². The zero-order valence-electron chi connectivity index (χ0n) is 26.5. The molecule has 0 atom stereocenters. The van der Waals surface area contributed by atoms with Gasteiger partial charge in [0.1, 0.15) is 22.3 Å². The Morgan fingerprint density at radius 1 is 0.306 bits per heavy atom. The summed E-state index contributed by atoms with van der Waals surface area (Å²) in [7, 11) is 0. The normalized spacial score (nSPS) is 11.7. The van der Waals surface area contributed by atoms with Crippen LogP contribution in [0.5, 0.6) is 0 Å². The maximum Gasteiger partial charge on any atom is 0.143 e. The molecule has 2 heterocycles. The summed E-state index contributed by atoms with van der Waals surface area (Å²) < 4.78 is 12.9. The van der Waals surface area contributed by atoms with Gasteiger partial charge in [0.25, 0.3) is 0 Å². The minimum atomic E-state index is 0.870. The number of para-hydroxylation sites is 2. The molecule has 0 spiro atoms. The summed E-state index contributed by atoms with van der Waals surface area (Å²) in [4.78, 5) is 2.32. The third-order valence-corrected chi connectivity index (χ3v) is 9.63. The fourth-order valence-electron chi connectivity index (χ4n) is 7.34. The molecule has 0 saturated carbocycles. The van der Waals surface area contributed by atoms with Crippen LogP contribution < -0.4 is 4.90 Å². The molecule has 0 amide bonds. The number of hydrogen-bond acceptors (Lipinski definition) is 3. The average molecular weight is 628 g/mol. The first-order valence-electron chi connectivity index (χ1n) is 16.6. The fraction of sp³-hybridized carbons (Fsp3) is 0. The molecule has 8 aromatic carbocycles. The van der Waals surface area contributed by atoms with Crippen molar-refractivity contribution in [3.63, 3.8) is 0 Å². The van der Waals surface area contributed by atoms with Crippen molar-refractivity contribution in [2.24, 2.45) is 0 Å². The lowest BCUT2D eigenvalue weighted by molar-refractivity contribution is 0.669. The molecule has 0 radical (unpaired) electrons. The fourth-order valence-corrected chi connectivity index (χ4v) is 7.34. The number of hydrogen-bond donors (Lipinski definition) is 0. The van der Waals surface area contributed by atoms with Crippen molar-refractivity contribution in [1.82, 2.24) is 0 Å². The number of furan rings is 2. The van der Waals surface area contributed by atoms with Gasteiger partial charge in [-0.15, -0.1) is 0 Å². The molecular formula is C46H29NO2. The highest BCUT2D eigenvalue weighted by atomic mass is 16.3. The van der Waals surface area contributed by atoms with Crippen molar-refractivity contribution in [2.75, 3.05) is 4.90 Å². The molecule has 230 valence electrons. The maximum absolute atomic E-state index is 6.61. The Morgan fingerprint density at radius 2 is 0.939 bits per heavy atom. The maximum atomic E-state index is 6.61. The number of rotatable bonds is 5. The molecule has 10 rings (SSSR count). The highest BCUT2D eigenvalue weighted by Gasteiger charge is 2.19. The second-order valence-corrected chi connectivity index (χ2v) is 12.5. The van der Waals surface area contributed by atoms with Crippen LogP contribution in [0.15, 0.2) is 185 Å². The van der Waals surface area contributed by atoms with Gasteiger partial charge in [0.15, 0.2) is 0 Å². The zero-order chi connectivity index (χ0) is 32.3. The van der Waals surface area contributed by atoms with Crippen molar-refractivity contribution >= 4 is 71.7 Å². The number of nitrogens with zero attached hydrogens (tertiary/aromatic N) is 1. The van der Waals surface area contributed by atoms with Crippen LogP contribution in [0, 0.1) is 0 Å². The Morgan fingerprint density at radius 3 is 1.80 bits per heavy atom. The minimum Gasteiger partial charge on any atom is -0.456 e. The molecule has 0 aliphatic heterocycles. The third-order valence-electron chi connectivity index (χ3n) is 9.63. The molecule has 49 heavy (non-hydrogen) atoms. The summed E-state index contributed by atoms with van der Waals surface area (Å²) in [6.07, 6.45) is 0. The van der Waals surface area contributed by atoms with E-state index in [9.17, 15) is 0 Å². The number of fused-ring (bicyclic) bond motifs is 8. The summed E-state index contributed by atoms with van der Waals surface area (Å²) in [6, 6.07) is 62.0. The second kappa shape index (κ2) is 11.0. The molecule has 3 heteroatoms. The molecule has 10 aromatic rings. The monoisotopic (exact) mass is 627 g/mol. The summed E-state index contributed by atoms with van der Waals surface area (Å²) >= 11 is 0. The van der Waals surface area contributed by atoms with Crippen LogP contribution in [0.4, 0.5) is 17.1 Å². The van der Waals surface area contributed by atoms with Crippen LogP contribution in [0.1, 0.15) is 0 Å².